The minimum absolute atomic E-state index is 0.202. The van der Waals surface area contributed by atoms with Crippen molar-refractivity contribution >= 4 is 32.4 Å². The quantitative estimate of drug-likeness (QED) is 0.328. The maximum Gasteiger partial charge on any atom is 0.131 e. The Morgan fingerprint density at radius 2 is 1.24 bits per heavy atom. The topological polar surface area (TPSA) is 12.9 Å². The van der Waals surface area contributed by atoms with Crippen LogP contribution in [0.3, 0.4) is 0 Å². The molecule has 4 aromatic carbocycles. The summed E-state index contributed by atoms with van der Waals surface area (Å²) in [6, 6.07) is 27.3. The fraction of sp³-hybridized carbons (Fsp3) is 0. The average Bonchev–Trinajstić information content (AvgIpc) is 2.68. The van der Waals surface area contributed by atoms with Crippen LogP contribution in [0.25, 0.3) is 43.7 Å². The predicted molar refractivity (Wildman–Crippen MR) is 102 cm³/mol. The first-order valence-electron chi connectivity index (χ1n) is 8.28. The van der Waals surface area contributed by atoms with Gasteiger partial charge in [-0.2, -0.15) is 0 Å². The molecule has 118 valence electrons. The molecular formula is C23H14FN. The van der Waals surface area contributed by atoms with Gasteiger partial charge in [0, 0.05) is 21.7 Å². The highest BCUT2D eigenvalue weighted by atomic mass is 19.1. The Kier molecular flexibility index (Phi) is 3.04. The average molecular weight is 323 g/mol. The number of nitrogens with zero attached hydrogens (tertiary/aromatic N) is 1. The summed E-state index contributed by atoms with van der Waals surface area (Å²) in [6.45, 7) is 0. The van der Waals surface area contributed by atoms with Crippen molar-refractivity contribution in [3.05, 3.63) is 90.7 Å². The van der Waals surface area contributed by atoms with Crippen LogP contribution in [0.5, 0.6) is 0 Å². The van der Waals surface area contributed by atoms with Crippen molar-refractivity contribution in [1.29, 1.82) is 0 Å². The SMILES string of the molecule is Fc1cccc2c1ccc1c3ccccc3nc(-c3ccccc3)c21. The molecule has 0 fully saturated rings. The lowest BCUT2D eigenvalue weighted by Gasteiger charge is -2.13. The van der Waals surface area contributed by atoms with Crippen LogP contribution in [0.2, 0.25) is 0 Å². The molecule has 2 heteroatoms. The number of fused-ring (bicyclic) bond motifs is 5. The number of para-hydroxylation sites is 1. The van der Waals surface area contributed by atoms with Crippen molar-refractivity contribution in [2.45, 2.75) is 0 Å². The minimum Gasteiger partial charge on any atom is -0.247 e. The van der Waals surface area contributed by atoms with Gasteiger partial charge in [0.05, 0.1) is 11.2 Å². The summed E-state index contributed by atoms with van der Waals surface area (Å²) in [4.78, 5) is 4.93. The maximum atomic E-state index is 14.3. The normalized spacial score (nSPS) is 11.4. The van der Waals surface area contributed by atoms with Gasteiger partial charge in [-0.3, -0.25) is 0 Å². The molecule has 25 heavy (non-hydrogen) atoms. The van der Waals surface area contributed by atoms with Gasteiger partial charge in [-0.1, -0.05) is 72.8 Å². The molecule has 1 nitrogen and oxygen atoms in total. The second kappa shape index (κ2) is 5.38. The van der Waals surface area contributed by atoms with Crippen LogP contribution in [0.1, 0.15) is 0 Å². The fourth-order valence-corrected chi connectivity index (χ4v) is 3.58. The first-order valence-corrected chi connectivity index (χ1v) is 8.28. The maximum absolute atomic E-state index is 14.3. The van der Waals surface area contributed by atoms with Crippen LogP contribution in [0, 0.1) is 5.82 Å². The molecule has 0 aliphatic heterocycles. The molecule has 0 atom stereocenters. The lowest BCUT2D eigenvalue weighted by atomic mass is 9.95. The van der Waals surface area contributed by atoms with Gasteiger partial charge in [-0.15, -0.1) is 0 Å². The molecule has 0 saturated carbocycles. The lowest BCUT2D eigenvalue weighted by Crippen LogP contribution is -1.91. The smallest absolute Gasteiger partial charge is 0.131 e. The molecule has 5 rings (SSSR count). The van der Waals surface area contributed by atoms with Gasteiger partial charge in [0.15, 0.2) is 0 Å². The zero-order chi connectivity index (χ0) is 16.8. The van der Waals surface area contributed by atoms with E-state index in [0.717, 1.165) is 38.3 Å². The summed E-state index contributed by atoms with van der Waals surface area (Å²) < 4.78 is 14.3. The van der Waals surface area contributed by atoms with Crippen molar-refractivity contribution in [2.24, 2.45) is 0 Å². The van der Waals surface area contributed by atoms with E-state index < -0.39 is 0 Å². The number of pyridine rings is 1. The van der Waals surface area contributed by atoms with E-state index in [-0.39, 0.29) is 5.82 Å². The van der Waals surface area contributed by atoms with Crippen LogP contribution in [-0.4, -0.2) is 4.98 Å². The Morgan fingerprint density at radius 3 is 2.12 bits per heavy atom. The number of hydrogen-bond donors (Lipinski definition) is 0. The van der Waals surface area contributed by atoms with E-state index in [1.165, 1.54) is 6.07 Å². The number of rotatable bonds is 1. The summed E-state index contributed by atoms with van der Waals surface area (Å²) in [7, 11) is 0. The molecule has 0 saturated heterocycles. The monoisotopic (exact) mass is 323 g/mol. The van der Waals surface area contributed by atoms with E-state index in [0.29, 0.717) is 5.39 Å². The lowest BCUT2D eigenvalue weighted by molar-refractivity contribution is 0.640. The summed E-state index contributed by atoms with van der Waals surface area (Å²) >= 11 is 0. The molecule has 0 bridgehead atoms. The predicted octanol–water partition coefficient (Wildman–Crippen LogP) is 6.35. The minimum atomic E-state index is -0.202. The molecule has 0 aliphatic rings. The number of hydrogen-bond acceptors (Lipinski definition) is 1. The first kappa shape index (κ1) is 14.1. The molecule has 1 aromatic heterocycles. The summed E-state index contributed by atoms with van der Waals surface area (Å²) in [5.41, 5.74) is 2.88. The zero-order valence-corrected chi connectivity index (χ0v) is 13.4. The summed E-state index contributed by atoms with van der Waals surface area (Å²) in [5, 5.41) is 4.71. The molecule has 1 heterocycles. The van der Waals surface area contributed by atoms with E-state index in [4.69, 9.17) is 4.98 Å². The van der Waals surface area contributed by atoms with Crippen LogP contribution < -0.4 is 0 Å². The largest absolute Gasteiger partial charge is 0.247 e. The van der Waals surface area contributed by atoms with Gasteiger partial charge in [0.1, 0.15) is 5.82 Å². The molecular weight excluding hydrogens is 309 g/mol. The van der Waals surface area contributed by atoms with Crippen molar-refractivity contribution in [1.82, 2.24) is 4.98 Å². The first-order chi connectivity index (χ1) is 12.3. The standard InChI is InChI=1S/C23H14FN/c24-20-11-6-10-18-16(20)13-14-19-17-9-4-5-12-21(17)25-23(22(18)19)15-7-2-1-3-8-15/h1-14H. The molecule has 0 unspecified atom stereocenters. The van der Waals surface area contributed by atoms with Crippen molar-refractivity contribution < 1.29 is 4.39 Å². The van der Waals surface area contributed by atoms with Crippen LogP contribution in [-0.2, 0) is 0 Å². The molecule has 0 amide bonds. The second-order valence-corrected chi connectivity index (χ2v) is 6.17. The highest BCUT2D eigenvalue weighted by molar-refractivity contribution is 6.21. The second-order valence-electron chi connectivity index (χ2n) is 6.17. The van der Waals surface area contributed by atoms with Gasteiger partial charge in [-0.05, 0) is 22.9 Å². The Morgan fingerprint density at radius 1 is 0.560 bits per heavy atom. The molecule has 0 N–H and O–H groups in total. The van der Waals surface area contributed by atoms with Crippen LogP contribution >= 0.6 is 0 Å². The third-order valence-corrected chi connectivity index (χ3v) is 4.72. The Bertz CT molecular complexity index is 1240. The van der Waals surface area contributed by atoms with E-state index >= 15 is 0 Å². The third-order valence-electron chi connectivity index (χ3n) is 4.72. The number of aromatic nitrogens is 1. The third kappa shape index (κ3) is 2.11. The van der Waals surface area contributed by atoms with Gasteiger partial charge in [-0.25, -0.2) is 9.37 Å². The fourth-order valence-electron chi connectivity index (χ4n) is 3.58. The van der Waals surface area contributed by atoms with Crippen molar-refractivity contribution in [2.75, 3.05) is 0 Å². The zero-order valence-electron chi connectivity index (χ0n) is 13.4. The summed E-state index contributed by atoms with van der Waals surface area (Å²) in [6.07, 6.45) is 0. The van der Waals surface area contributed by atoms with Crippen molar-refractivity contribution in [3.63, 3.8) is 0 Å². The highest BCUT2D eigenvalue weighted by Crippen LogP contribution is 2.37. The van der Waals surface area contributed by atoms with Gasteiger partial charge >= 0.3 is 0 Å². The molecule has 0 aliphatic carbocycles. The van der Waals surface area contributed by atoms with E-state index in [1.807, 2.05) is 54.6 Å². The van der Waals surface area contributed by atoms with E-state index in [1.54, 1.807) is 6.07 Å². The van der Waals surface area contributed by atoms with E-state index in [2.05, 4.69) is 18.2 Å². The Balaban J connectivity index is 2.07. The van der Waals surface area contributed by atoms with Crippen molar-refractivity contribution in [3.8, 4) is 11.3 Å². The molecule has 0 radical (unpaired) electrons. The Labute approximate surface area is 144 Å². The molecule has 5 aromatic rings. The molecule has 0 spiro atoms. The van der Waals surface area contributed by atoms with Gasteiger partial charge in [0.25, 0.3) is 0 Å². The van der Waals surface area contributed by atoms with Gasteiger partial charge < -0.3 is 0 Å². The van der Waals surface area contributed by atoms with Crippen LogP contribution in [0.4, 0.5) is 4.39 Å². The number of benzene rings is 4. The highest BCUT2D eigenvalue weighted by Gasteiger charge is 2.14. The van der Waals surface area contributed by atoms with Crippen LogP contribution in [0.15, 0.2) is 84.9 Å². The van der Waals surface area contributed by atoms with Gasteiger partial charge in [0.2, 0.25) is 0 Å². The number of halogens is 1. The summed E-state index contributed by atoms with van der Waals surface area (Å²) in [5.74, 6) is -0.202. The Hall–Kier alpha value is -3.26. The van der Waals surface area contributed by atoms with E-state index in [9.17, 15) is 4.39 Å².